The first-order valence-corrected chi connectivity index (χ1v) is 9.11. The lowest BCUT2D eigenvalue weighted by Crippen LogP contribution is -2.35. The molecule has 1 saturated heterocycles. The third-order valence-corrected chi connectivity index (χ3v) is 4.69. The largest absolute Gasteiger partial charge is 0.488 e. The topological polar surface area (TPSA) is 29.5 Å². The van der Waals surface area contributed by atoms with E-state index in [4.69, 9.17) is 4.74 Å². The molecule has 1 aromatic rings. The first kappa shape index (κ1) is 18.5. The van der Waals surface area contributed by atoms with Crippen LogP contribution in [0.5, 0.6) is 0 Å². The highest BCUT2D eigenvalue weighted by Crippen LogP contribution is 2.18. The van der Waals surface area contributed by atoms with E-state index in [-0.39, 0.29) is 5.91 Å². The Hall–Kier alpha value is -1.81. The van der Waals surface area contributed by atoms with Crippen LogP contribution in [0, 0.1) is 0 Å². The normalized spacial score (nSPS) is 16.0. The Morgan fingerprint density at radius 1 is 1.25 bits per heavy atom. The number of carbonyl (C=O) groups is 1. The van der Waals surface area contributed by atoms with Crippen molar-refractivity contribution in [2.24, 2.45) is 0 Å². The molecule has 1 aromatic carbocycles. The Labute approximate surface area is 152 Å². The van der Waals surface area contributed by atoms with Crippen molar-refractivity contribution in [1.82, 2.24) is 4.90 Å². The summed E-state index contributed by atoms with van der Waals surface area (Å²) in [6.07, 6.45) is 8.95. The van der Waals surface area contributed by atoms with Crippen molar-refractivity contribution < 1.29 is 9.53 Å². The van der Waals surface area contributed by atoms with Crippen molar-refractivity contribution in [3.63, 3.8) is 0 Å². The zero-order valence-corrected chi connectivity index (χ0v) is 15.7. The van der Waals surface area contributed by atoms with E-state index in [9.17, 15) is 4.79 Å². The number of piperidine rings is 1. The van der Waals surface area contributed by atoms with Gasteiger partial charge in [0.05, 0.1) is 4.48 Å². The molecule has 0 bridgehead atoms. The maximum atomic E-state index is 12.5. The summed E-state index contributed by atoms with van der Waals surface area (Å²) in [6, 6.07) is 7.67. The average Bonchev–Trinajstić information content (AvgIpc) is 2.65. The Morgan fingerprint density at radius 2 is 1.92 bits per heavy atom. The molecule has 4 heteroatoms. The quantitative estimate of drug-likeness (QED) is 0.494. The Kier molecular flexibility index (Phi) is 7.32. The van der Waals surface area contributed by atoms with Gasteiger partial charge in [-0.2, -0.15) is 0 Å². The van der Waals surface area contributed by atoms with Crippen molar-refractivity contribution in [3.8, 4) is 0 Å². The van der Waals surface area contributed by atoms with Crippen LogP contribution in [0.4, 0.5) is 0 Å². The number of benzene rings is 1. The number of halogens is 1. The molecule has 24 heavy (non-hydrogen) atoms. The second-order valence-electron chi connectivity index (χ2n) is 5.75. The highest BCUT2D eigenvalue weighted by molar-refractivity contribution is 9.11. The van der Waals surface area contributed by atoms with Gasteiger partial charge in [0.15, 0.2) is 0 Å². The highest BCUT2D eigenvalue weighted by atomic mass is 79.9. The van der Waals surface area contributed by atoms with Crippen LogP contribution in [0.15, 0.2) is 59.3 Å². The van der Waals surface area contributed by atoms with Gasteiger partial charge in [-0.3, -0.25) is 4.79 Å². The number of amides is 1. The Bertz CT molecular complexity index is 626. The fourth-order valence-electron chi connectivity index (χ4n) is 2.63. The van der Waals surface area contributed by atoms with Crippen LogP contribution in [0.3, 0.4) is 0 Å². The molecule has 0 N–H and O–H groups in total. The van der Waals surface area contributed by atoms with E-state index in [1.54, 1.807) is 6.08 Å². The first-order chi connectivity index (χ1) is 11.7. The van der Waals surface area contributed by atoms with Gasteiger partial charge in [-0.15, -0.1) is 0 Å². The summed E-state index contributed by atoms with van der Waals surface area (Å²) in [5.74, 6) is 0.868. The molecule has 0 atom stereocenters. The van der Waals surface area contributed by atoms with Gasteiger partial charge < -0.3 is 9.64 Å². The van der Waals surface area contributed by atoms with Crippen molar-refractivity contribution in [2.75, 3.05) is 13.1 Å². The third-order valence-electron chi connectivity index (χ3n) is 3.97. The monoisotopic (exact) mass is 389 g/mol. The lowest BCUT2D eigenvalue weighted by molar-refractivity contribution is 0.0724. The van der Waals surface area contributed by atoms with Gasteiger partial charge in [0.2, 0.25) is 0 Å². The SMILES string of the molecule is C=C/C(Br)=C(\C=C/C)OCc1ccc(C(=O)N2CCCCC2)cc1. The maximum Gasteiger partial charge on any atom is 0.253 e. The molecule has 3 nitrogen and oxygen atoms in total. The molecule has 2 rings (SSSR count). The lowest BCUT2D eigenvalue weighted by atomic mass is 10.1. The number of ether oxygens (including phenoxy) is 1. The summed E-state index contributed by atoms with van der Waals surface area (Å²) < 4.78 is 6.63. The number of nitrogens with zero attached hydrogens (tertiary/aromatic N) is 1. The number of hydrogen-bond donors (Lipinski definition) is 0. The van der Waals surface area contributed by atoms with Gasteiger partial charge in [0.25, 0.3) is 5.91 Å². The van der Waals surface area contributed by atoms with Crippen LogP contribution in [-0.2, 0) is 11.3 Å². The average molecular weight is 390 g/mol. The molecule has 0 spiro atoms. The molecular formula is C20H24BrNO2. The summed E-state index contributed by atoms with van der Waals surface area (Å²) in [5.41, 5.74) is 1.77. The molecule has 1 fully saturated rings. The second-order valence-corrected chi connectivity index (χ2v) is 6.61. The third kappa shape index (κ3) is 5.10. The molecule has 1 aliphatic heterocycles. The van der Waals surface area contributed by atoms with E-state index in [0.29, 0.717) is 6.61 Å². The zero-order chi connectivity index (χ0) is 17.4. The molecule has 1 heterocycles. The standard InChI is InChI=1S/C20H24BrNO2/c1-3-8-19(18(21)4-2)24-15-16-9-11-17(12-10-16)20(23)22-13-6-5-7-14-22/h3-4,8-12H,2,5-7,13-15H2,1H3/b8-3-,19-18-. The molecular weight excluding hydrogens is 366 g/mol. The van der Waals surface area contributed by atoms with Crippen molar-refractivity contribution in [1.29, 1.82) is 0 Å². The van der Waals surface area contributed by atoms with Crippen LogP contribution < -0.4 is 0 Å². The summed E-state index contributed by atoms with van der Waals surface area (Å²) in [4.78, 5) is 14.4. The van der Waals surface area contributed by atoms with E-state index in [1.165, 1.54) is 6.42 Å². The molecule has 1 aliphatic rings. The van der Waals surface area contributed by atoms with Gasteiger partial charge in [-0.25, -0.2) is 0 Å². The molecule has 0 aromatic heterocycles. The maximum absolute atomic E-state index is 12.5. The van der Waals surface area contributed by atoms with E-state index in [2.05, 4.69) is 22.5 Å². The second kappa shape index (κ2) is 9.48. The number of allylic oxidation sites excluding steroid dienone is 4. The predicted octanol–water partition coefficient (Wildman–Crippen LogP) is 5.20. The first-order valence-electron chi connectivity index (χ1n) is 8.31. The number of carbonyl (C=O) groups excluding carboxylic acids is 1. The van der Waals surface area contributed by atoms with Gasteiger partial charge >= 0.3 is 0 Å². The summed E-state index contributed by atoms with van der Waals surface area (Å²) >= 11 is 3.43. The van der Waals surface area contributed by atoms with Crippen molar-refractivity contribution in [2.45, 2.75) is 32.8 Å². The predicted molar refractivity (Wildman–Crippen MR) is 102 cm³/mol. The summed E-state index contributed by atoms with van der Waals surface area (Å²) in [7, 11) is 0. The highest BCUT2D eigenvalue weighted by Gasteiger charge is 2.17. The number of likely N-dealkylation sites (tertiary alicyclic amines) is 1. The lowest BCUT2D eigenvalue weighted by Gasteiger charge is -2.26. The molecule has 128 valence electrons. The number of hydrogen-bond acceptors (Lipinski definition) is 2. The van der Waals surface area contributed by atoms with Gasteiger partial charge in [0.1, 0.15) is 12.4 Å². The minimum Gasteiger partial charge on any atom is -0.488 e. The zero-order valence-electron chi connectivity index (χ0n) is 14.1. The smallest absolute Gasteiger partial charge is 0.253 e. The molecule has 1 amide bonds. The van der Waals surface area contributed by atoms with Crippen LogP contribution in [0.1, 0.15) is 42.1 Å². The van der Waals surface area contributed by atoms with Crippen LogP contribution in [-0.4, -0.2) is 23.9 Å². The van der Waals surface area contributed by atoms with Crippen molar-refractivity contribution in [3.05, 3.63) is 70.4 Å². The molecule has 0 aliphatic carbocycles. The number of rotatable bonds is 6. The van der Waals surface area contributed by atoms with Crippen LogP contribution in [0.25, 0.3) is 0 Å². The Balaban J connectivity index is 1.99. The van der Waals surface area contributed by atoms with E-state index in [1.807, 2.05) is 48.2 Å². The van der Waals surface area contributed by atoms with E-state index in [0.717, 1.165) is 47.3 Å². The minimum atomic E-state index is 0.131. The van der Waals surface area contributed by atoms with Crippen LogP contribution >= 0.6 is 15.9 Å². The van der Waals surface area contributed by atoms with E-state index >= 15 is 0 Å². The van der Waals surface area contributed by atoms with E-state index < -0.39 is 0 Å². The van der Waals surface area contributed by atoms with Gasteiger partial charge in [0, 0.05) is 18.7 Å². The molecule has 0 unspecified atom stereocenters. The van der Waals surface area contributed by atoms with Gasteiger partial charge in [-0.05, 0) is 65.9 Å². The molecule has 0 saturated carbocycles. The summed E-state index contributed by atoms with van der Waals surface area (Å²) in [6.45, 7) is 7.86. The molecule has 0 radical (unpaired) electrons. The van der Waals surface area contributed by atoms with Crippen LogP contribution in [0.2, 0.25) is 0 Å². The minimum absolute atomic E-state index is 0.131. The summed E-state index contributed by atoms with van der Waals surface area (Å²) in [5, 5.41) is 0. The van der Waals surface area contributed by atoms with Gasteiger partial charge in [-0.1, -0.05) is 30.9 Å². The fraction of sp³-hybridized carbons (Fsp3) is 0.350. The Morgan fingerprint density at radius 3 is 2.50 bits per heavy atom. The van der Waals surface area contributed by atoms with Crippen molar-refractivity contribution >= 4 is 21.8 Å². The fourth-order valence-corrected chi connectivity index (χ4v) is 2.88.